The number of thioether (sulfide) groups is 1. The summed E-state index contributed by atoms with van der Waals surface area (Å²) in [5.74, 6) is 5.20. The molecule has 1 aromatic heterocycles. The van der Waals surface area contributed by atoms with Crippen molar-refractivity contribution in [3.05, 3.63) is 45.7 Å². The third-order valence-corrected chi connectivity index (χ3v) is 3.69. The van der Waals surface area contributed by atoms with Crippen LogP contribution in [0.4, 0.5) is 0 Å². The number of carbonyl (C=O) groups excluding carboxylic acids is 1. The van der Waals surface area contributed by atoms with Gasteiger partial charge in [-0.25, -0.2) is 4.79 Å². The summed E-state index contributed by atoms with van der Waals surface area (Å²) in [5, 5.41) is 9.31. The molecule has 6 heteroatoms. The van der Waals surface area contributed by atoms with Gasteiger partial charge in [0.1, 0.15) is 5.56 Å². The van der Waals surface area contributed by atoms with Crippen LogP contribution in [-0.2, 0) is 4.79 Å². The van der Waals surface area contributed by atoms with Crippen LogP contribution >= 0.6 is 11.8 Å². The predicted octanol–water partition coefficient (Wildman–Crippen LogP) is 2.25. The van der Waals surface area contributed by atoms with E-state index in [2.05, 4.69) is 16.8 Å². The maximum Gasteiger partial charge on any atom is 0.341 e. The monoisotopic (exact) mass is 315 g/mol. The first-order valence-electron chi connectivity index (χ1n) is 6.50. The zero-order chi connectivity index (χ0) is 16.1. The zero-order valence-electron chi connectivity index (χ0n) is 11.8. The molecule has 1 heterocycles. The van der Waals surface area contributed by atoms with Gasteiger partial charge in [0.2, 0.25) is 5.43 Å². The van der Waals surface area contributed by atoms with Gasteiger partial charge in [-0.15, -0.1) is 0 Å². The number of carboxylic acids is 1. The summed E-state index contributed by atoms with van der Waals surface area (Å²) in [6.07, 6.45) is 1.76. The Kier molecular flexibility index (Phi) is 5.02. The van der Waals surface area contributed by atoms with E-state index in [4.69, 9.17) is 5.11 Å². The van der Waals surface area contributed by atoms with Gasteiger partial charge in [-0.05, 0) is 18.2 Å². The van der Waals surface area contributed by atoms with Gasteiger partial charge in [0, 0.05) is 41.8 Å². The fourth-order valence-electron chi connectivity index (χ4n) is 1.87. The Hall–Kier alpha value is -2.52. The van der Waals surface area contributed by atoms with Crippen LogP contribution in [0.1, 0.15) is 29.3 Å². The molecular formula is C16H13NO4S. The minimum absolute atomic E-state index is 0.0558. The third kappa shape index (κ3) is 3.77. The second kappa shape index (κ2) is 6.96. The molecule has 1 aromatic carbocycles. The SMILES string of the molecule is CC(=O)SCCC#Cc1ccc2[nH]cc(C(=O)O)c(=O)c2c1. The molecule has 0 fully saturated rings. The smallest absolute Gasteiger partial charge is 0.341 e. The molecule has 2 aromatic rings. The zero-order valence-corrected chi connectivity index (χ0v) is 12.6. The van der Waals surface area contributed by atoms with Gasteiger partial charge in [-0.2, -0.15) is 0 Å². The Morgan fingerprint density at radius 1 is 1.36 bits per heavy atom. The van der Waals surface area contributed by atoms with E-state index in [0.29, 0.717) is 28.6 Å². The Morgan fingerprint density at radius 3 is 2.82 bits per heavy atom. The second-order valence-corrected chi connectivity index (χ2v) is 5.76. The Balaban J connectivity index is 2.28. The Morgan fingerprint density at radius 2 is 2.14 bits per heavy atom. The Labute approximate surface area is 130 Å². The number of aromatic amines is 1. The standard InChI is InChI=1S/C16H13NO4S/c1-10(18)22-7-3-2-4-11-5-6-14-12(8-11)15(19)13(9-17-14)16(20)21/h5-6,8-9H,3,7H2,1H3,(H,17,19)(H,20,21). The molecule has 5 nitrogen and oxygen atoms in total. The molecular weight excluding hydrogens is 302 g/mol. The van der Waals surface area contributed by atoms with Crippen LogP contribution in [-0.4, -0.2) is 26.9 Å². The summed E-state index contributed by atoms with van der Waals surface area (Å²) in [5.41, 5.74) is 0.369. The van der Waals surface area contributed by atoms with Crippen LogP contribution in [0.25, 0.3) is 10.9 Å². The number of H-pyrrole nitrogens is 1. The summed E-state index contributed by atoms with van der Waals surface area (Å²) in [7, 11) is 0. The summed E-state index contributed by atoms with van der Waals surface area (Å²) in [6, 6.07) is 5.02. The molecule has 0 aliphatic heterocycles. The fraction of sp³-hybridized carbons (Fsp3) is 0.188. The van der Waals surface area contributed by atoms with E-state index in [-0.39, 0.29) is 10.7 Å². The van der Waals surface area contributed by atoms with Crippen molar-refractivity contribution in [2.24, 2.45) is 0 Å². The lowest BCUT2D eigenvalue weighted by Gasteiger charge is -2.00. The number of carboxylic acid groups (broad SMARTS) is 1. The lowest BCUT2D eigenvalue weighted by atomic mass is 10.1. The van der Waals surface area contributed by atoms with E-state index in [9.17, 15) is 14.4 Å². The molecule has 2 N–H and O–H groups in total. The van der Waals surface area contributed by atoms with Crippen molar-refractivity contribution in [1.82, 2.24) is 4.98 Å². The summed E-state index contributed by atoms with van der Waals surface area (Å²) in [4.78, 5) is 36.6. The number of aromatic carboxylic acids is 1. The van der Waals surface area contributed by atoms with Gasteiger partial charge in [0.25, 0.3) is 0 Å². The molecule has 0 aliphatic rings. The highest BCUT2D eigenvalue weighted by Gasteiger charge is 2.11. The van der Waals surface area contributed by atoms with Gasteiger partial charge in [0.05, 0.1) is 0 Å². The molecule has 0 spiro atoms. The van der Waals surface area contributed by atoms with E-state index in [1.54, 1.807) is 18.2 Å². The van der Waals surface area contributed by atoms with Crippen molar-refractivity contribution in [2.75, 3.05) is 5.75 Å². The first-order chi connectivity index (χ1) is 10.5. The molecule has 0 amide bonds. The first kappa shape index (κ1) is 15.9. The molecule has 0 saturated carbocycles. The van der Waals surface area contributed by atoms with Crippen LogP contribution in [0.2, 0.25) is 0 Å². The lowest BCUT2D eigenvalue weighted by molar-refractivity contribution is -0.109. The lowest BCUT2D eigenvalue weighted by Crippen LogP contribution is -2.15. The van der Waals surface area contributed by atoms with Crippen LogP contribution in [0.5, 0.6) is 0 Å². The van der Waals surface area contributed by atoms with Crippen LogP contribution < -0.4 is 5.43 Å². The third-order valence-electron chi connectivity index (χ3n) is 2.88. The molecule has 22 heavy (non-hydrogen) atoms. The van der Waals surface area contributed by atoms with E-state index in [0.717, 1.165) is 0 Å². The molecule has 112 valence electrons. The summed E-state index contributed by atoms with van der Waals surface area (Å²) >= 11 is 1.21. The number of hydrogen-bond acceptors (Lipinski definition) is 4. The van der Waals surface area contributed by atoms with Crippen molar-refractivity contribution >= 4 is 33.7 Å². The maximum atomic E-state index is 12.1. The second-order valence-electron chi connectivity index (χ2n) is 4.49. The van der Waals surface area contributed by atoms with Crippen molar-refractivity contribution in [3.63, 3.8) is 0 Å². The summed E-state index contributed by atoms with van der Waals surface area (Å²) in [6.45, 7) is 1.51. The number of carbonyl (C=O) groups is 2. The van der Waals surface area contributed by atoms with Crippen LogP contribution in [0, 0.1) is 11.8 Å². The minimum Gasteiger partial charge on any atom is -0.477 e. The molecule has 0 radical (unpaired) electrons. The maximum absolute atomic E-state index is 12.1. The van der Waals surface area contributed by atoms with Crippen molar-refractivity contribution in [3.8, 4) is 11.8 Å². The molecule has 0 aliphatic carbocycles. The van der Waals surface area contributed by atoms with Gasteiger partial charge in [0.15, 0.2) is 5.12 Å². The molecule has 2 rings (SSSR count). The highest BCUT2D eigenvalue weighted by molar-refractivity contribution is 8.13. The van der Waals surface area contributed by atoms with Gasteiger partial charge in [-0.3, -0.25) is 9.59 Å². The first-order valence-corrected chi connectivity index (χ1v) is 7.48. The largest absolute Gasteiger partial charge is 0.477 e. The Bertz CT molecular complexity index is 858. The number of pyridine rings is 1. The van der Waals surface area contributed by atoms with E-state index < -0.39 is 11.4 Å². The predicted molar refractivity (Wildman–Crippen MR) is 86.2 cm³/mol. The molecule has 0 atom stereocenters. The quantitative estimate of drug-likeness (QED) is 0.670. The van der Waals surface area contributed by atoms with Crippen molar-refractivity contribution in [1.29, 1.82) is 0 Å². The number of fused-ring (bicyclic) bond motifs is 1. The van der Waals surface area contributed by atoms with Gasteiger partial charge < -0.3 is 10.1 Å². The summed E-state index contributed by atoms with van der Waals surface area (Å²) < 4.78 is 0. The highest BCUT2D eigenvalue weighted by Crippen LogP contribution is 2.11. The number of benzene rings is 1. The number of hydrogen-bond donors (Lipinski definition) is 2. The van der Waals surface area contributed by atoms with Crippen LogP contribution in [0.3, 0.4) is 0 Å². The van der Waals surface area contributed by atoms with E-state index in [1.165, 1.54) is 24.9 Å². The normalized spacial score (nSPS) is 10.0. The topological polar surface area (TPSA) is 87.2 Å². The number of aromatic nitrogens is 1. The van der Waals surface area contributed by atoms with Gasteiger partial charge in [-0.1, -0.05) is 23.6 Å². The fourth-order valence-corrected chi connectivity index (χ4v) is 2.36. The molecule has 0 saturated heterocycles. The number of rotatable bonds is 3. The average molecular weight is 315 g/mol. The van der Waals surface area contributed by atoms with E-state index in [1.807, 2.05) is 0 Å². The van der Waals surface area contributed by atoms with Gasteiger partial charge >= 0.3 is 5.97 Å². The average Bonchev–Trinajstić information content (AvgIpc) is 2.47. The van der Waals surface area contributed by atoms with Crippen LogP contribution in [0.15, 0.2) is 29.2 Å². The van der Waals surface area contributed by atoms with Crippen molar-refractivity contribution in [2.45, 2.75) is 13.3 Å². The minimum atomic E-state index is -1.26. The molecule has 0 bridgehead atoms. The highest BCUT2D eigenvalue weighted by atomic mass is 32.2. The van der Waals surface area contributed by atoms with E-state index >= 15 is 0 Å². The molecule has 0 unspecified atom stereocenters. The van der Waals surface area contributed by atoms with Crippen molar-refractivity contribution < 1.29 is 14.7 Å². The number of nitrogens with one attached hydrogen (secondary N) is 1.